The molecule has 0 aromatic carbocycles. The Morgan fingerprint density at radius 3 is 2.69 bits per heavy atom. The second kappa shape index (κ2) is 4.25. The fourth-order valence-corrected chi connectivity index (χ4v) is 1.95. The van der Waals surface area contributed by atoms with Crippen molar-refractivity contribution in [2.45, 2.75) is 27.2 Å². The third-order valence-electron chi connectivity index (χ3n) is 3.18. The maximum absolute atomic E-state index is 5.37. The van der Waals surface area contributed by atoms with E-state index < -0.39 is 0 Å². The molecule has 0 bridgehead atoms. The third kappa shape index (κ3) is 2.12. The van der Waals surface area contributed by atoms with Crippen molar-refractivity contribution < 1.29 is 9.47 Å². The molecule has 0 aliphatic heterocycles. The first-order chi connectivity index (χ1) is 6.12. The van der Waals surface area contributed by atoms with Gasteiger partial charge in [0.1, 0.15) is 6.79 Å². The molecule has 1 unspecified atom stereocenters. The average Bonchev–Trinajstić information content (AvgIpc) is 2.10. The lowest BCUT2D eigenvalue weighted by molar-refractivity contribution is -0.0660. The molecule has 0 spiro atoms. The predicted octanol–water partition coefficient (Wildman–Crippen LogP) is 2.60. The fourth-order valence-electron chi connectivity index (χ4n) is 1.95. The molecule has 1 rings (SSSR count). The van der Waals surface area contributed by atoms with Gasteiger partial charge in [0.25, 0.3) is 0 Å². The molecule has 0 N–H and O–H groups in total. The van der Waals surface area contributed by atoms with Gasteiger partial charge in [-0.1, -0.05) is 25.5 Å². The number of methoxy groups -OCH3 is 1. The molecule has 1 aliphatic rings. The summed E-state index contributed by atoms with van der Waals surface area (Å²) < 4.78 is 10.2. The van der Waals surface area contributed by atoms with Gasteiger partial charge in [-0.3, -0.25) is 0 Å². The Hall–Kier alpha value is -0.340. The van der Waals surface area contributed by atoms with E-state index in [1.165, 1.54) is 6.42 Å². The Bertz CT molecular complexity index is 194. The van der Waals surface area contributed by atoms with E-state index in [9.17, 15) is 0 Å². The minimum absolute atomic E-state index is 0.336. The van der Waals surface area contributed by atoms with Gasteiger partial charge >= 0.3 is 0 Å². The van der Waals surface area contributed by atoms with Crippen molar-refractivity contribution in [1.82, 2.24) is 0 Å². The summed E-state index contributed by atoms with van der Waals surface area (Å²) in [5.74, 6) is 0.661. The van der Waals surface area contributed by atoms with Crippen LogP contribution in [0.25, 0.3) is 0 Å². The molecule has 1 atom stereocenters. The van der Waals surface area contributed by atoms with Crippen LogP contribution in [-0.4, -0.2) is 20.5 Å². The van der Waals surface area contributed by atoms with Gasteiger partial charge < -0.3 is 9.47 Å². The lowest BCUT2D eigenvalue weighted by atomic mass is 9.59. The minimum atomic E-state index is 0.336. The highest BCUT2D eigenvalue weighted by atomic mass is 16.7. The summed E-state index contributed by atoms with van der Waals surface area (Å²) in [4.78, 5) is 0. The van der Waals surface area contributed by atoms with E-state index in [0.717, 1.165) is 6.61 Å². The van der Waals surface area contributed by atoms with Crippen molar-refractivity contribution in [1.29, 1.82) is 0 Å². The Morgan fingerprint density at radius 2 is 2.23 bits per heavy atom. The summed E-state index contributed by atoms with van der Waals surface area (Å²) in [6.07, 6.45) is 3.42. The SMILES string of the molecule is CC=C1CC(COCOC)C1(C)C. The lowest BCUT2D eigenvalue weighted by Gasteiger charge is -2.47. The topological polar surface area (TPSA) is 18.5 Å². The van der Waals surface area contributed by atoms with Crippen LogP contribution >= 0.6 is 0 Å². The smallest absolute Gasteiger partial charge is 0.146 e. The number of ether oxygens (including phenoxy) is 2. The van der Waals surface area contributed by atoms with E-state index >= 15 is 0 Å². The maximum atomic E-state index is 5.37. The number of hydrogen-bond acceptors (Lipinski definition) is 2. The summed E-state index contributed by atoms with van der Waals surface area (Å²) in [7, 11) is 1.66. The van der Waals surface area contributed by atoms with Gasteiger partial charge in [0.15, 0.2) is 0 Å². The van der Waals surface area contributed by atoms with Gasteiger partial charge in [0.2, 0.25) is 0 Å². The zero-order valence-electron chi connectivity index (χ0n) is 9.09. The molecule has 1 saturated carbocycles. The van der Waals surface area contributed by atoms with E-state index in [0.29, 0.717) is 18.1 Å². The van der Waals surface area contributed by atoms with Crippen molar-refractivity contribution in [3.05, 3.63) is 11.6 Å². The van der Waals surface area contributed by atoms with Gasteiger partial charge in [-0.15, -0.1) is 0 Å². The molecule has 2 heteroatoms. The van der Waals surface area contributed by atoms with Gasteiger partial charge in [-0.05, 0) is 24.7 Å². The number of allylic oxidation sites excluding steroid dienone is 2. The second-order valence-electron chi connectivity index (χ2n) is 4.21. The Labute approximate surface area is 80.9 Å². The summed E-state index contributed by atoms with van der Waals surface area (Å²) in [6.45, 7) is 7.92. The van der Waals surface area contributed by atoms with Crippen LogP contribution in [0.2, 0.25) is 0 Å². The normalized spacial score (nSPS) is 28.9. The summed E-state index contributed by atoms with van der Waals surface area (Å²) in [5.41, 5.74) is 1.89. The van der Waals surface area contributed by atoms with Crippen LogP contribution in [0.5, 0.6) is 0 Å². The first-order valence-corrected chi connectivity index (χ1v) is 4.85. The van der Waals surface area contributed by atoms with E-state index in [4.69, 9.17) is 9.47 Å². The van der Waals surface area contributed by atoms with E-state index in [1.54, 1.807) is 12.7 Å². The molecular weight excluding hydrogens is 164 g/mol. The zero-order chi connectivity index (χ0) is 9.90. The highest BCUT2D eigenvalue weighted by Crippen LogP contribution is 2.50. The molecule has 0 amide bonds. The fraction of sp³-hybridized carbons (Fsp3) is 0.818. The molecule has 1 fully saturated rings. The summed E-state index contributed by atoms with van der Waals surface area (Å²) in [6, 6.07) is 0. The molecule has 0 aromatic heterocycles. The van der Waals surface area contributed by atoms with Crippen molar-refractivity contribution in [3.63, 3.8) is 0 Å². The van der Waals surface area contributed by atoms with Crippen LogP contribution in [0.15, 0.2) is 11.6 Å². The van der Waals surface area contributed by atoms with E-state index in [2.05, 4.69) is 26.8 Å². The largest absolute Gasteiger partial charge is 0.359 e. The first kappa shape index (κ1) is 10.7. The van der Waals surface area contributed by atoms with E-state index in [-0.39, 0.29) is 0 Å². The van der Waals surface area contributed by atoms with Gasteiger partial charge in [0.05, 0.1) is 6.61 Å². The lowest BCUT2D eigenvalue weighted by Crippen LogP contribution is -2.40. The summed E-state index contributed by atoms with van der Waals surface area (Å²) >= 11 is 0. The first-order valence-electron chi connectivity index (χ1n) is 4.85. The molecule has 0 radical (unpaired) electrons. The average molecular weight is 184 g/mol. The molecule has 0 saturated heterocycles. The third-order valence-corrected chi connectivity index (χ3v) is 3.18. The van der Waals surface area contributed by atoms with Crippen LogP contribution in [0, 0.1) is 11.3 Å². The van der Waals surface area contributed by atoms with Gasteiger partial charge in [-0.2, -0.15) is 0 Å². The molecule has 2 nitrogen and oxygen atoms in total. The second-order valence-corrected chi connectivity index (χ2v) is 4.21. The molecule has 13 heavy (non-hydrogen) atoms. The monoisotopic (exact) mass is 184 g/mol. The standard InChI is InChI=1S/C11H20O2/c1-5-9-6-10(11(9,2)3)7-13-8-12-4/h5,10H,6-8H2,1-4H3. The van der Waals surface area contributed by atoms with Crippen LogP contribution in [0.3, 0.4) is 0 Å². The van der Waals surface area contributed by atoms with Crippen molar-refractivity contribution in [3.8, 4) is 0 Å². The molecule has 0 heterocycles. The Balaban J connectivity index is 2.32. The van der Waals surface area contributed by atoms with Crippen LogP contribution in [0.4, 0.5) is 0 Å². The Morgan fingerprint density at radius 1 is 1.54 bits per heavy atom. The van der Waals surface area contributed by atoms with E-state index in [1.807, 2.05) is 0 Å². The van der Waals surface area contributed by atoms with Crippen molar-refractivity contribution in [2.75, 3.05) is 20.5 Å². The molecule has 76 valence electrons. The molecule has 0 aromatic rings. The highest BCUT2D eigenvalue weighted by Gasteiger charge is 2.42. The minimum Gasteiger partial charge on any atom is -0.359 e. The number of hydrogen-bond donors (Lipinski definition) is 0. The Kier molecular flexibility index (Phi) is 3.51. The van der Waals surface area contributed by atoms with Crippen LogP contribution < -0.4 is 0 Å². The number of rotatable bonds is 4. The van der Waals surface area contributed by atoms with Gasteiger partial charge in [-0.25, -0.2) is 0 Å². The maximum Gasteiger partial charge on any atom is 0.146 e. The van der Waals surface area contributed by atoms with Crippen molar-refractivity contribution in [2.24, 2.45) is 11.3 Å². The predicted molar refractivity (Wildman–Crippen MR) is 53.5 cm³/mol. The molecule has 1 aliphatic carbocycles. The van der Waals surface area contributed by atoms with Crippen molar-refractivity contribution >= 4 is 0 Å². The van der Waals surface area contributed by atoms with Crippen LogP contribution in [0.1, 0.15) is 27.2 Å². The van der Waals surface area contributed by atoms with Gasteiger partial charge in [0, 0.05) is 7.11 Å². The highest BCUT2D eigenvalue weighted by molar-refractivity contribution is 5.23. The summed E-state index contributed by atoms with van der Waals surface area (Å²) in [5, 5.41) is 0. The molecular formula is C11H20O2. The quantitative estimate of drug-likeness (QED) is 0.380. The van der Waals surface area contributed by atoms with Crippen LogP contribution in [-0.2, 0) is 9.47 Å². The zero-order valence-corrected chi connectivity index (χ0v) is 9.09.